The van der Waals surface area contributed by atoms with Crippen molar-refractivity contribution in [3.05, 3.63) is 48.3 Å². The third-order valence-corrected chi connectivity index (χ3v) is 4.40. The minimum Gasteiger partial charge on any atom is -0.486 e. The van der Waals surface area contributed by atoms with Gasteiger partial charge < -0.3 is 25.3 Å². The van der Waals surface area contributed by atoms with Gasteiger partial charge in [0.1, 0.15) is 25.1 Å². The Balaban J connectivity index is 1.60. The molecular formula is C22H20FN5O4. The number of nitrogens with zero attached hydrogens (tertiary/aromatic N) is 3. The number of esters is 1. The number of aromatic nitrogens is 2. The van der Waals surface area contributed by atoms with Crippen LogP contribution < -0.4 is 20.5 Å². The smallest absolute Gasteiger partial charge is 0.349 e. The molecule has 0 fully saturated rings. The van der Waals surface area contributed by atoms with E-state index in [4.69, 9.17) is 19.9 Å². The topological polar surface area (TPSA) is 121 Å². The first-order chi connectivity index (χ1) is 15.5. The van der Waals surface area contributed by atoms with E-state index >= 15 is 0 Å². The van der Waals surface area contributed by atoms with Crippen molar-refractivity contribution in [1.82, 2.24) is 9.97 Å². The second-order valence-electron chi connectivity index (χ2n) is 6.64. The van der Waals surface area contributed by atoms with Crippen LogP contribution in [0, 0.1) is 5.82 Å². The van der Waals surface area contributed by atoms with E-state index < -0.39 is 11.8 Å². The number of nitrogen functional groups attached to an aromatic ring is 1. The van der Waals surface area contributed by atoms with Crippen LogP contribution in [0.4, 0.5) is 27.5 Å². The maximum absolute atomic E-state index is 14.7. The minimum atomic E-state index is -0.736. The van der Waals surface area contributed by atoms with Crippen LogP contribution in [0.1, 0.15) is 6.92 Å². The molecular weight excluding hydrogens is 417 g/mol. The number of nitrogens with one attached hydrogen (secondary N) is 1. The number of fused-ring (bicyclic) bond motifs is 1. The Morgan fingerprint density at radius 3 is 2.84 bits per heavy atom. The van der Waals surface area contributed by atoms with E-state index in [9.17, 15) is 9.18 Å². The molecule has 4 rings (SSSR count). The summed E-state index contributed by atoms with van der Waals surface area (Å²) in [6, 6.07) is 11.9. The van der Waals surface area contributed by atoms with E-state index in [-0.39, 0.29) is 24.1 Å². The molecule has 0 atom stereocenters. The van der Waals surface area contributed by atoms with Crippen LogP contribution in [0.15, 0.2) is 47.5 Å². The van der Waals surface area contributed by atoms with E-state index in [0.29, 0.717) is 41.7 Å². The fourth-order valence-electron chi connectivity index (χ4n) is 3.00. The summed E-state index contributed by atoms with van der Waals surface area (Å²) in [4.78, 5) is 23.8. The molecule has 3 aromatic rings. The molecule has 0 saturated heterocycles. The Kier molecular flexibility index (Phi) is 6.11. The fourth-order valence-corrected chi connectivity index (χ4v) is 3.00. The van der Waals surface area contributed by atoms with E-state index in [1.165, 1.54) is 0 Å². The van der Waals surface area contributed by atoms with Crippen molar-refractivity contribution in [3.63, 3.8) is 0 Å². The quantitative estimate of drug-likeness (QED) is 0.443. The van der Waals surface area contributed by atoms with E-state index in [2.05, 4.69) is 20.3 Å². The van der Waals surface area contributed by atoms with Gasteiger partial charge in [0.2, 0.25) is 5.95 Å². The largest absolute Gasteiger partial charge is 0.486 e. The lowest BCUT2D eigenvalue weighted by atomic mass is 10.1. The Morgan fingerprint density at radius 1 is 1.22 bits per heavy atom. The Bertz CT molecular complexity index is 1180. The van der Waals surface area contributed by atoms with Crippen molar-refractivity contribution in [2.45, 2.75) is 6.92 Å². The lowest BCUT2D eigenvalue weighted by Gasteiger charge is -2.19. The number of ether oxygens (including phenoxy) is 3. The first-order valence-electron chi connectivity index (χ1n) is 9.84. The van der Waals surface area contributed by atoms with Crippen molar-refractivity contribution in [1.29, 1.82) is 0 Å². The second kappa shape index (κ2) is 9.29. The van der Waals surface area contributed by atoms with Crippen molar-refractivity contribution >= 4 is 35.3 Å². The molecule has 0 bridgehead atoms. The second-order valence-corrected chi connectivity index (χ2v) is 6.64. The van der Waals surface area contributed by atoms with Crippen molar-refractivity contribution in [2.24, 2.45) is 4.99 Å². The first-order valence-corrected chi connectivity index (χ1v) is 9.84. The average molecular weight is 437 g/mol. The molecule has 1 aliphatic rings. The van der Waals surface area contributed by atoms with Crippen molar-refractivity contribution in [3.8, 4) is 22.8 Å². The van der Waals surface area contributed by atoms with Crippen molar-refractivity contribution < 1.29 is 23.4 Å². The Labute approximate surface area is 183 Å². The number of benzene rings is 2. The molecule has 32 heavy (non-hydrogen) atoms. The summed E-state index contributed by atoms with van der Waals surface area (Å²) >= 11 is 0. The summed E-state index contributed by atoms with van der Waals surface area (Å²) in [6.07, 6.45) is 1.09. The predicted molar refractivity (Wildman–Crippen MR) is 117 cm³/mol. The molecule has 3 N–H and O–H groups in total. The van der Waals surface area contributed by atoms with Gasteiger partial charge >= 0.3 is 5.97 Å². The third kappa shape index (κ3) is 4.75. The highest BCUT2D eigenvalue weighted by molar-refractivity contribution is 6.23. The van der Waals surface area contributed by atoms with Crippen LogP contribution in [-0.4, -0.2) is 42.0 Å². The van der Waals surface area contributed by atoms with Crippen LogP contribution in [0.25, 0.3) is 11.3 Å². The molecule has 0 unspecified atom stereocenters. The molecule has 0 amide bonds. The zero-order valence-corrected chi connectivity index (χ0v) is 17.2. The molecule has 1 aliphatic heterocycles. The lowest BCUT2D eigenvalue weighted by Crippen LogP contribution is -2.15. The van der Waals surface area contributed by atoms with Gasteiger partial charge in [-0.05, 0) is 43.3 Å². The van der Waals surface area contributed by atoms with Crippen LogP contribution >= 0.6 is 0 Å². The summed E-state index contributed by atoms with van der Waals surface area (Å²) in [7, 11) is 0. The van der Waals surface area contributed by atoms with Crippen LogP contribution in [0.2, 0.25) is 0 Å². The fraction of sp³-hybridized carbons (Fsp3) is 0.182. The molecule has 10 heteroatoms. The maximum atomic E-state index is 14.7. The molecule has 0 radical (unpaired) electrons. The van der Waals surface area contributed by atoms with Gasteiger partial charge in [0.15, 0.2) is 23.1 Å². The number of hydrogen-bond acceptors (Lipinski definition) is 9. The third-order valence-electron chi connectivity index (χ3n) is 4.40. The highest BCUT2D eigenvalue weighted by Crippen LogP contribution is 2.35. The number of carbonyl (C=O) groups is 1. The standard InChI is InChI=1S/C22H20FN5O4/c1-2-30-18(29)12-25-14-4-3-5-15(11-14)26-22-27-20(19(23)21(24)28-22)13-6-7-16-17(10-13)32-9-8-31-16/h3-7,10-12H,2,8-9H2,1H3,(H3,24,26,27,28). The summed E-state index contributed by atoms with van der Waals surface area (Å²) in [5.74, 6) is -0.387. The predicted octanol–water partition coefficient (Wildman–Crippen LogP) is 3.65. The highest BCUT2D eigenvalue weighted by atomic mass is 19.1. The maximum Gasteiger partial charge on any atom is 0.349 e. The highest BCUT2D eigenvalue weighted by Gasteiger charge is 2.18. The number of anilines is 3. The van der Waals surface area contributed by atoms with Crippen LogP contribution in [0.5, 0.6) is 11.5 Å². The van der Waals surface area contributed by atoms with E-state index in [1.807, 2.05) is 0 Å². The number of carbonyl (C=O) groups excluding carboxylic acids is 1. The minimum absolute atomic E-state index is 0.0217. The van der Waals surface area contributed by atoms with Crippen LogP contribution in [-0.2, 0) is 9.53 Å². The number of halogens is 1. The summed E-state index contributed by atoms with van der Waals surface area (Å²) in [6.45, 7) is 2.84. The summed E-state index contributed by atoms with van der Waals surface area (Å²) in [5, 5.41) is 2.98. The van der Waals surface area contributed by atoms with Gasteiger partial charge in [-0.2, -0.15) is 4.98 Å². The summed E-state index contributed by atoms with van der Waals surface area (Å²) < 4.78 is 30.6. The van der Waals surface area contributed by atoms with Gasteiger partial charge in [-0.15, -0.1) is 0 Å². The van der Waals surface area contributed by atoms with E-state index in [0.717, 1.165) is 6.21 Å². The number of rotatable bonds is 6. The zero-order valence-electron chi connectivity index (χ0n) is 17.2. The van der Waals surface area contributed by atoms with Crippen molar-refractivity contribution in [2.75, 3.05) is 30.9 Å². The SMILES string of the molecule is CCOC(=O)C=Nc1cccc(Nc2nc(N)c(F)c(-c3ccc4c(c3)OCCO4)n2)c1. The van der Waals surface area contributed by atoms with Crippen LogP contribution in [0.3, 0.4) is 0 Å². The van der Waals surface area contributed by atoms with Gasteiger partial charge in [-0.3, -0.25) is 0 Å². The first kappa shape index (κ1) is 21.0. The zero-order chi connectivity index (χ0) is 22.5. The normalized spacial score (nSPS) is 12.6. The van der Waals surface area contributed by atoms with Gasteiger partial charge in [0.05, 0.1) is 12.3 Å². The number of hydrogen-bond donors (Lipinski definition) is 2. The molecule has 9 nitrogen and oxygen atoms in total. The molecule has 1 aromatic heterocycles. The average Bonchev–Trinajstić information content (AvgIpc) is 2.80. The van der Waals surface area contributed by atoms with E-state index in [1.54, 1.807) is 49.4 Å². The number of nitrogens with two attached hydrogens (primary N) is 1. The van der Waals surface area contributed by atoms with Gasteiger partial charge in [-0.25, -0.2) is 19.2 Å². The molecule has 0 saturated carbocycles. The molecule has 2 aromatic carbocycles. The molecule has 0 aliphatic carbocycles. The van der Waals surface area contributed by atoms with Gasteiger partial charge in [-0.1, -0.05) is 6.07 Å². The Hall–Kier alpha value is -4.21. The molecule has 164 valence electrons. The van der Waals surface area contributed by atoms with Gasteiger partial charge in [0.25, 0.3) is 0 Å². The summed E-state index contributed by atoms with van der Waals surface area (Å²) in [5.41, 5.74) is 7.36. The number of aliphatic imine (C=N–C) groups is 1. The monoisotopic (exact) mass is 437 g/mol. The lowest BCUT2D eigenvalue weighted by molar-refractivity contribution is -0.134. The molecule has 0 spiro atoms. The molecule has 2 heterocycles. The van der Waals surface area contributed by atoms with Gasteiger partial charge in [0, 0.05) is 11.3 Å². The Morgan fingerprint density at radius 2 is 2.03 bits per heavy atom.